The Bertz CT molecular complexity index is 1010. The number of hydrogen-bond acceptors (Lipinski definition) is 6. The van der Waals surface area contributed by atoms with Crippen LogP contribution in [0.2, 0.25) is 5.02 Å². The van der Waals surface area contributed by atoms with Gasteiger partial charge in [0.15, 0.2) is 0 Å². The van der Waals surface area contributed by atoms with E-state index in [0.717, 1.165) is 25.7 Å². The molecule has 1 saturated heterocycles. The van der Waals surface area contributed by atoms with Gasteiger partial charge in [0.1, 0.15) is 5.82 Å². The number of nitrogens with one attached hydrogen (secondary N) is 3. The van der Waals surface area contributed by atoms with Crippen molar-refractivity contribution in [3.05, 3.63) is 58.2 Å². The van der Waals surface area contributed by atoms with Gasteiger partial charge in [-0.05, 0) is 42.9 Å². The molecular weight excluding hydrogens is 525 g/mol. The Morgan fingerprint density at radius 2 is 1.72 bits per heavy atom. The molecule has 1 unspecified atom stereocenters. The molecule has 1 aromatic heterocycles. The highest BCUT2D eigenvalue weighted by atomic mass is 35.5. The smallest absolute Gasteiger partial charge is 0.253 e. The van der Waals surface area contributed by atoms with Crippen molar-refractivity contribution < 1.29 is 14.7 Å². The molecule has 4 rings (SSSR count). The summed E-state index contributed by atoms with van der Waals surface area (Å²) in [5, 5.41) is 20.1. The lowest BCUT2D eigenvalue weighted by Gasteiger charge is -2.32. The van der Waals surface area contributed by atoms with Gasteiger partial charge in [-0.15, -0.1) is 24.8 Å². The van der Waals surface area contributed by atoms with Crippen LogP contribution in [-0.2, 0) is 17.6 Å². The van der Waals surface area contributed by atoms with E-state index in [0.29, 0.717) is 37.1 Å². The van der Waals surface area contributed by atoms with Crippen molar-refractivity contribution in [1.29, 1.82) is 0 Å². The molecular formula is C25H34Cl3N5O3. The largest absolute Gasteiger partial charge is 0.390 e. The van der Waals surface area contributed by atoms with Crippen molar-refractivity contribution in [2.24, 2.45) is 0 Å². The Hall–Kier alpha value is -2.10. The number of benzene rings is 1. The number of aromatic nitrogens is 1. The van der Waals surface area contributed by atoms with E-state index >= 15 is 0 Å². The lowest BCUT2D eigenvalue weighted by Crippen LogP contribution is -2.42. The number of carbonyl (C=O) groups is 2. The molecule has 11 heteroatoms. The number of aliphatic hydroxyl groups excluding tert-OH is 1. The molecule has 0 bridgehead atoms. The summed E-state index contributed by atoms with van der Waals surface area (Å²) in [4.78, 5) is 30.3. The number of nitrogens with zero attached hydrogens (tertiary/aromatic N) is 2. The van der Waals surface area contributed by atoms with Gasteiger partial charge in [0, 0.05) is 51.4 Å². The van der Waals surface area contributed by atoms with E-state index in [1.54, 1.807) is 19.2 Å². The number of anilines is 1. The number of likely N-dealkylation sites (tertiary alicyclic amines) is 1. The van der Waals surface area contributed by atoms with E-state index in [9.17, 15) is 14.7 Å². The Balaban J connectivity index is 0.00000228. The number of rotatable bonds is 8. The Labute approximate surface area is 229 Å². The van der Waals surface area contributed by atoms with Crippen LogP contribution in [0.5, 0.6) is 0 Å². The second-order valence-electron chi connectivity index (χ2n) is 9.09. The highest BCUT2D eigenvalue weighted by Crippen LogP contribution is 2.26. The van der Waals surface area contributed by atoms with Gasteiger partial charge >= 0.3 is 0 Å². The third-order valence-electron chi connectivity index (χ3n) is 6.61. The molecule has 1 aliphatic carbocycles. The Kier molecular flexibility index (Phi) is 11.7. The highest BCUT2D eigenvalue weighted by molar-refractivity contribution is 6.36. The molecule has 1 aliphatic heterocycles. The van der Waals surface area contributed by atoms with Gasteiger partial charge in [0.2, 0.25) is 5.91 Å². The highest BCUT2D eigenvalue weighted by Gasteiger charge is 2.24. The van der Waals surface area contributed by atoms with Crippen molar-refractivity contribution in [3.8, 4) is 0 Å². The van der Waals surface area contributed by atoms with E-state index in [4.69, 9.17) is 11.6 Å². The summed E-state index contributed by atoms with van der Waals surface area (Å²) in [6, 6.07) is 10.4. The van der Waals surface area contributed by atoms with Crippen LogP contribution in [0.4, 0.5) is 5.82 Å². The number of halogens is 3. The van der Waals surface area contributed by atoms with Gasteiger partial charge in [0.05, 0.1) is 16.7 Å². The van der Waals surface area contributed by atoms with Crippen LogP contribution in [0.15, 0.2) is 36.5 Å². The normalized spacial score (nSPS) is 16.4. The first kappa shape index (κ1) is 30.1. The molecule has 2 aliphatic rings. The fourth-order valence-corrected chi connectivity index (χ4v) is 4.89. The number of carbonyl (C=O) groups excluding carboxylic acids is 2. The zero-order valence-electron chi connectivity index (χ0n) is 20.2. The molecule has 1 fully saturated rings. The van der Waals surface area contributed by atoms with Crippen LogP contribution < -0.4 is 16.0 Å². The molecule has 36 heavy (non-hydrogen) atoms. The predicted octanol–water partition coefficient (Wildman–Crippen LogP) is 2.85. The molecule has 8 nitrogen and oxygen atoms in total. The van der Waals surface area contributed by atoms with E-state index in [2.05, 4.69) is 33.1 Å². The molecule has 0 radical (unpaired) electrons. The van der Waals surface area contributed by atoms with Crippen molar-refractivity contribution in [3.63, 3.8) is 0 Å². The standard InChI is InChI=1S/C25H32ClN5O3.2ClH/c1-16(32)31-10-7-19(8-11-31)30-24-23(26)22(6-9-27-24)25(34)29-15-21(33)14-28-20-12-17-4-2-3-5-18(17)13-20;;/h2-6,9,19-21,28,33H,7-8,10-15H2,1H3,(H,27,30)(H,29,34);2*1H. The first-order chi connectivity index (χ1) is 16.4. The monoisotopic (exact) mass is 557 g/mol. The minimum absolute atomic E-state index is 0. The molecule has 0 saturated carbocycles. The average Bonchev–Trinajstić information content (AvgIpc) is 3.26. The second-order valence-corrected chi connectivity index (χ2v) is 9.47. The fraction of sp³-hybridized carbons (Fsp3) is 0.480. The summed E-state index contributed by atoms with van der Waals surface area (Å²) < 4.78 is 0. The lowest BCUT2D eigenvalue weighted by atomic mass is 10.0. The van der Waals surface area contributed by atoms with Crippen LogP contribution in [0.25, 0.3) is 0 Å². The number of amides is 2. The van der Waals surface area contributed by atoms with Crippen LogP contribution in [0, 0.1) is 0 Å². The average molecular weight is 559 g/mol. The Morgan fingerprint density at radius 1 is 1.08 bits per heavy atom. The molecule has 2 heterocycles. The quantitative estimate of drug-likeness (QED) is 0.397. The van der Waals surface area contributed by atoms with Gasteiger partial charge in [-0.25, -0.2) is 4.98 Å². The van der Waals surface area contributed by atoms with Crippen LogP contribution in [0.1, 0.15) is 41.3 Å². The van der Waals surface area contributed by atoms with Gasteiger partial charge in [-0.1, -0.05) is 35.9 Å². The van der Waals surface area contributed by atoms with Crippen molar-refractivity contribution >= 4 is 54.0 Å². The van der Waals surface area contributed by atoms with Crippen molar-refractivity contribution in [2.45, 2.75) is 50.8 Å². The van der Waals surface area contributed by atoms with E-state index in [1.165, 1.54) is 11.1 Å². The third kappa shape index (κ3) is 7.70. The Morgan fingerprint density at radius 3 is 2.33 bits per heavy atom. The van der Waals surface area contributed by atoms with Gasteiger partial charge in [-0.2, -0.15) is 0 Å². The van der Waals surface area contributed by atoms with Gasteiger partial charge in [-0.3, -0.25) is 9.59 Å². The summed E-state index contributed by atoms with van der Waals surface area (Å²) in [6.07, 6.45) is 4.32. The minimum Gasteiger partial charge on any atom is -0.390 e. The first-order valence-electron chi connectivity index (χ1n) is 11.8. The third-order valence-corrected chi connectivity index (χ3v) is 6.99. The minimum atomic E-state index is -0.711. The second kappa shape index (κ2) is 14.0. The predicted molar refractivity (Wildman–Crippen MR) is 147 cm³/mol. The fourth-order valence-electron chi connectivity index (χ4n) is 4.64. The van der Waals surface area contributed by atoms with Gasteiger partial charge < -0.3 is 26.0 Å². The molecule has 0 spiro atoms. The summed E-state index contributed by atoms with van der Waals surface area (Å²) in [7, 11) is 0. The first-order valence-corrected chi connectivity index (χ1v) is 12.2. The molecule has 1 atom stereocenters. The maximum Gasteiger partial charge on any atom is 0.253 e. The maximum atomic E-state index is 12.7. The van der Waals surface area contributed by atoms with E-state index in [1.807, 2.05) is 17.0 Å². The number of piperidine rings is 1. The number of aliphatic hydroxyl groups is 1. The maximum absolute atomic E-state index is 12.7. The molecule has 4 N–H and O–H groups in total. The zero-order valence-corrected chi connectivity index (χ0v) is 22.6. The summed E-state index contributed by atoms with van der Waals surface area (Å²) in [6.45, 7) is 3.47. The van der Waals surface area contributed by atoms with Crippen molar-refractivity contribution in [1.82, 2.24) is 20.5 Å². The molecule has 2 aromatic rings. The van der Waals surface area contributed by atoms with Crippen molar-refractivity contribution in [2.75, 3.05) is 31.5 Å². The molecule has 198 valence electrons. The molecule has 1 aromatic carbocycles. The number of hydrogen-bond donors (Lipinski definition) is 4. The van der Waals surface area contributed by atoms with Crippen LogP contribution >= 0.6 is 36.4 Å². The SMILES string of the molecule is CC(=O)N1CCC(Nc2nccc(C(=O)NCC(O)CNC3Cc4ccccc4C3)c2Cl)CC1.Cl.Cl. The van der Waals surface area contributed by atoms with E-state index < -0.39 is 6.10 Å². The van der Waals surface area contributed by atoms with Crippen LogP contribution in [0.3, 0.4) is 0 Å². The summed E-state index contributed by atoms with van der Waals surface area (Å²) in [5.41, 5.74) is 3.01. The summed E-state index contributed by atoms with van der Waals surface area (Å²) >= 11 is 6.48. The molecule has 2 amide bonds. The lowest BCUT2D eigenvalue weighted by molar-refractivity contribution is -0.129. The van der Waals surface area contributed by atoms with Crippen LogP contribution in [-0.4, -0.2) is 71.2 Å². The van der Waals surface area contributed by atoms with Gasteiger partial charge in [0.25, 0.3) is 5.91 Å². The topological polar surface area (TPSA) is 107 Å². The zero-order chi connectivity index (χ0) is 24.1. The summed E-state index contributed by atoms with van der Waals surface area (Å²) in [5.74, 6) is 0.187. The number of fused-ring (bicyclic) bond motifs is 1. The number of pyridine rings is 1. The van der Waals surface area contributed by atoms with E-state index in [-0.39, 0.29) is 54.2 Å².